The predicted octanol–water partition coefficient (Wildman–Crippen LogP) is 5.01. The number of nitrogens with one attached hydrogen (secondary N) is 1. The lowest BCUT2D eigenvalue weighted by Gasteiger charge is -2.30. The SMILES string of the molecule is Cc1cccc(CNC(=O)N(C)[C@H](COC(=O)CCc2cc(-c3ccccc3)on2)CC(F)(F)CO)c1Cl. The molecule has 0 aliphatic rings. The number of alkyl halides is 2. The molecule has 2 amide bonds. The number of esters is 1. The van der Waals surface area contributed by atoms with Crippen LogP contribution in [0.2, 0.25) is 5.02 Å². The van der Waals surface area contributed by atoms with Gasteiger partial charge in [0.2, 0.25) is 0 Å². The molecular weight excluding hydrogens is 520 g/mol. The number of hydrogen-bond donors (Lipinski definition) is 2. The first-order chi connectivity index (χ1) is 18.1. The summed E-state index contributed by atoms with van der Waals surface area (Å²) in [6.07, 6.45) is -0.735. The quantitative estimate of drug-likeness (QED) is 0.308. The Morgan fingerprint density at radius 3 is 2.66 bits per heavy atom. The van der Waals surface area contributed by atoms with Crippen molar-refractivity contribution in [2.45, 2.75) is 44.7 Å². The van der Waals surface area contributed by atoms with Crippen LogP contribution in [0.4, 0.5) is 13.6 Å². The molecule has 2 aromatic carbocycles. The van der Waals surface area contributed by atoms with Gasteiger partial charge in [0.05, 0.1) is 18.2 Å². The van der Waals surface area contributed by atoms with Crippen molar-refractivity contribution < 1.29 is 32.7 Å². The van der Waals surface area contributed by atoms with E-state index in [1.165, 1.54) is 7.05 Å². The third-order valence-electron chi connectivity index (χ3n) is 5.97. The zero-order chi connectivity index (χ0) is 27.7. The van der Waals surface area contributed by atoms with Gasteiger partial charge in [-0.05, 0) is 18.1 Å². The lowest BCUT2D eigenvalue weighted by atomic mass is 10.1. The van der Waals surface area contributed by atoms with Crippen molar-refractivity contribution in [1.29, 1.82) is 0 Å². The van der Waals surface area contributed by atoms with Crippen LogP contribution in [-0.4, -0.2) is 59.4 Å². The minimum absolute atomic E-state index is 0.0638. The maximum absolute atomic E-state index is 14.0. The van der Waals surface area contributed by atoms with Crippen LogP contribution in [-0.2, 0) is 22.5 Å². The number of aliphatic hydroxyl groups is 1. The van der Waals surface area contributed by atoms with E-state index in [9.17, 15) is 18.4 Å². The number of benzene rings is 2. The van der Waals surface area contributed by atoms with Crippen LogP contribution in [0, 0.1) is 6.92 Å². The predicted molar refractivity (Wildman–Crippen MR) is 138 cm³/mol. The Labute approximate surface area is 224 Å². The topological polar surface area (TPSA) is 105 Å². The molecule has 0 unspecified atom stereocenters. The number of halogens is 3. The number of likely N-dealkylation sites (N-methyl/N-ethyl adjacent to an activating group) is 1. The molecule has 0 bridgehead atoms. The summed E-state index contributed by atoms with van der Waals surface area (Å²) < 4.78 is 38.6. The third-order valence-corrected chi connectivity index (χ3v) is 6.52. The van der Waals surface area contributed by atoms with Crippen LogP contribution in [0.5, 0.6) is 0 Å². The number of amides is 2. The molecule has 3 rings (SSSR count). The Morgan fingerprint density at radius 1 is 1.21 bits per heavy atom. The highest BCUT2D eigenvalue weighted by molar-refractivity contribution is 6.32. The van der Waals surface area contributed by atoms with Crippen molar-refractivity contribution in [3.05, 3.63) is 76.4 Å². The minimum Gasteiger partial charge on any atom is -0.463 e. The zero-order valence-corrected chi connectivity index (χ0v) is 21.9. The highest BCUT2D eigenvalue weighted by Crippen LogP contribution is 2.24. The van der Waals surface area contributed by atoms with E-state index in [0.29, 0.717) is 22.0 Å². The van der Waals surface area contributed by atoms with Crippen molar-refractivity contribution in [3.63, 3.8) is 0 Å². The van der Waals surface area contributed by atoms with Gasteiger partial charge in [0.25, 0.3) is 5.92 Å². The smallest absolute Gasteiger partial charge is 0.317 e. The Kier molecular flexibility index (Phi) is 10.2. The molecule has 0 saturated heterocycles. The molecule has 0 aliphatic carbocycles. The van der Waals surface area contributed by atoms with Crippen LogP contribution in [0.3, 0.4) is 0 Å². The lowest BCUT2D eigenvalue weighted by molar-refractivity contribution is -0.146. The summed E-state index contributed by atoms with van der Waals surface area (Å²) in [6.45, 7) is 0.0283. The number of nitrogens with zero attached hydrogens (tertiary/aromatic N) is 2. The largest absolute Gasteiger partial charge is 0.463 e. The second kappa shape index (κ2) is 13.3. The number of aromatic nitrogens is 1. The molecule has 204 valence electrons. The van der Waals surface area contributed by atoms with Gasteiger partial charge in [0.1, 0.15) is 13.2 Å². The van der Waals surface area contributed by atoms with Gasteiger partial charge in [-0.1, -0.05) is 65.3 Å². The summed E-state index contributed by atoms with van der Waals surface area (Å²) in [5.74, 6) is -3.56. The van der Waals surface area contributed by atoms with Gasteiger partial charge >= 0.3 is 12.0 Å². The highest BCUT2D eigenvalue weighted by Gasteiger charge is 2.35. The van der Waals surface area contributed by atoms with E-state index >= 15 is 0 Å². The van der Waals surface area contributed by atoms with Crippen molar-refractivity contribution in [2.24, 2.45) is 0 Å². The lowest BCUT2D eigenvalue weighted by Crippen LogP contribution is -2.48. The van der Waals surface area contributed by atoms with Gasteiger partial charge < -0.3 is 24.6 Å². The molecule has 0 spiro atoms. The van der Waals surface area contributed by atoms with Crippen LogP contribution in [0.15, 0.2) is 59.1 Å². The number of rotatable bonds is 12. The number of hydrogen-bond acceptors (Lipinski definition) is 6. The van der Waals surface area contributed by atoms with Gasteiger partial charge in [-0.2, -0.15) is 0 Å². The molecule has 38 heavy (non-hydrogen) atoms. The molecule has 11 heteroatoms. The monoisotopic (exact) mass is 549 g/mol. The average Bonchev–Trinajstić information content (AvgIpc) is 3.39. The first kappa shape index (κ1) is 29.1. The molecule has 0 fully saturated rings. The van der Waals surface area contributed by atoms with E-state index in [1.807, 2.05) is 43.3 Å². The molecule has 0 aliphatic heterocycles. The summed E-state index contributed by atoms with van der Waals surface area (Å²) in [6, 6.07) is 14.6. The zero-order valence-electron chi connectivity index (χ0n) is 21.1. The van der Waals surface area contributed by atoms with Crippen LogP contribution in [0.25, 0.3) is 11.3 Å². The standard InChI is InChI=1S/C27H30ClF2N3O5/c1-18-7-6-10-20(25(18)28)15-31-26(36)33(2)22(14-27(29,30)17-34)16-37-24(35)12-11-21-13-23(38-32-21)19-8-4-3-5-9-19/h3-10,13,22,34H,11-12,14-17H2,1-2H3,(H,31,36)/t22-/m0/s1. The molecular formula is C27H30ClF2N3O5. The molecule has 8 nitrogen and oxygen atoms in total. The second-order valence-electron chi connectivity index (χ2n) is 8.92. The second-order valence-corrected chi connectivity index (χ2v) is 9.30. The van der Waals surface area contributed by atoms with Crippen molar-refractivity contribution in [3.8, 4) is 11.3 Å². The summed E-state index contributed by atoms with van der Waals surface area (Å²) in [5, 5.41) is 16.1. The van der Waals surface area contributed by atoms with Gasteiger partial charge in [-0.3, -0.25) is 4.79 Å². The summed E-state index contributed by atoms with van der Waals surface area (Å²) in [7, 11) is 1.32. The number of carbonyl (C=O) groups is 2. The van der Waals surface area contributed by atoms with Gasteiger partial charge in [-0.15, -0.1) is 0 Å². The third kappa shape index (κ3) is 8.26. The Bertz CT molecular complexity index is 1220. The minimum atomic E-state index is -3.47. The first-order valence-electron chi connectivity index (χ1n) is 12.0. The molecule has 0 radical (unpaired) electrons. The van der Waals surface area contributed by atoms with Crippen LogP contribution in [0.1, 0.15) is 29.7 Å². The van der Waals surface area contributed by atoms with E-state index in [-0.39, 0.29) is 19.4 Å². The molecule has 2 N–H and O–H groups in total. The Balaban J connectivity index is 1.55. The Morgan fingerprint density at radius 2 is 1.95 bits per heavy atom. The highest BCUT2D eigenvalue weighted by atomic mass is 35.5. The van der Waals surface area contributed by atoms with E-state index in [0.717, 1.165) is 16.0 Å². The first-order valence-corrected chi connectivity index (χ1v) is 12.4. The van der Waals surface area contributed by atoms with Gasteiger partial charge in [-0.25, -0.2) is 13.6 Å². The maximum atomic E-state index is 14.0. The molecule has 1 aromatic heterocycles. The number of aliphatic hydroxyl groups excluding tert-OH is 1. The van der Waals surface area contributed by atoms with Crippen molar-refractivity contribution in [2.75, 3.05) is 20.3 Å². The molecule has 1 heterocycles. The molecule has 3 aromatic rings. The number of carbonyl (C=O) groups excluding carboxylic acids is 2. The van der Waals surface area contributed by atoms with E-state index < -0.39 is 43.6 Å². The fraction of sp³-hybridized carbons (Fsp3) is 0.370. The summed E-state index contributed by atoms with van der Waals surface area (Å²) >= 11 is 6.26. The summed E-state index contributed by atoms with van der Waals surface area (Å²) in [5.41, 5.74) is 2.88. The fourth-order valence-corrected chi connectivity index (χ4v) is 3.88. The van der Waals surface area contributed by atoms with Crippen LogP contribution < -0.4 is 5.32 Å². The van der Waals surface area contributed by atoms with Crippen LogP contribution >= 0.6 is 11.6 Å². The fourth-order valence-electron chi connectivity index (χ4n) is 3.68. The van der Waals surface area contributed by atoms with Crippen molar-refractivity contribution >= 4 is 23.6 Å². The van der Waals surface area contributed by atoms with E-state index in [4.69, 9.17) is 26.0 Å². The van der Waals surface area contributed by atoms with Gasteiger partial charge in [0.15, 0.2) is 5.76 Å². The number of aryl methyl sites for hydroxylation is 2. The normalized spacial score (nSPS) is 12.2. The Hall–Kier alpha value is -3.50. The van der Waals surface area contributed by atoms with E-state index in [1.54, 1.807) is 18.2 Å². The molecule has 1 atom stereocenters. The number of ether oxygens (including phenoxy) is 1. The number of urea groups is 1. The summed E-state index contributed by atoms with van der Waals surface area (Å²) in [4.78, 5) is 26.1. The molecule has 0 saturated carbocycles. The van der Waals surface area contributed by atoms with Crippen molar-refractivity contribution in [1.82, 2.24) is 15.4 Å². The van der Waals surface area contributed by atoms with Gasteiger partial charge in [0, 0.05) is 43.1 Å². The maximum Gasteiger partial charge on any atom is 0.317 e. The average molecular weight is 550 g/mol. The van der Waals surface area contributed by atoms with E-state index in [2.05, 4.69) is 10.5 Å².